The number of hydrogen-bond donors (Lipinski definition) is 1. The third kappa shape index (κ3) is 2.83. The number of carboxylic acid groups (broad SMARTS) is 1. The van der Waals surface area contributed by atoms with E-state index in [-0.39, 0.29) is 16.2 Å². The molecule has 0 amide bonds. The Morgan fingerprint density at radius 1 is 1.30 bits per heavy atom. The smallest absolute Gasteiger partial charge is 0.339 e. The zero-order chi connectivity index (χ0) is 14.8. The molecule has 7 heteroatoms. The van der Waals surface area contributed by atoms with Crippen LogP contribution in [0.3, 0.4) is 0 Å². The lowest BCUT2D eigenvalue weighted by Crippen LogP contribution is -2.12. The minimum Gasteiger partial charge on any atom is -0.478 e. The molecule has 0 radical (unpaired) electrons. The van der Waals surface area contributed by atoms with E-state index in [9.17, 15) is 13.2 Å². The van der Waals surface area contributed by atoms with Gasteiger partial charge in [0.15, 0.2) is 9.84 Å². The molecule has 0 atom stereocenters. The second-order valence-corrected chi connectivity index (χ2v) is 6.17. The number of rotatable bonds is 4. The van der Waals surface area contributed by atoms with Crippen molar-refractivity contribution in [3.05, 3.63) is 53.6 Å². The molecule has 0 unspecified atom stereocenters. The molecule has 1 aromatic carbocycles. The van der Waals surface area contributed by atoms with Crippen molar-refractivity contribution in [3.8, 4) is 0 Å². The van der Waals surface area contributed by atoms with E-state index in [1.165, 1.54) is 6.07 Å². The number of benzene rings is 1. The molecule has 1 aromatic heterocycles. The maximum Gasteiger partial charge on any atom is 0.339 e. The molecule has 0 aliphatic heterocycles. The van der Waals surface area contributed by atoms with Crippen LogP contribution >= 0.6 is 0 Å². The summed E-state index contributed by atoms with van der Waals surface area (Å²) in [5, 5.41) is 9.01. The summed E-state index contributed by atoms with van der Waals surface area (Å²) in [7, 11) is -3.65. The lowest BCUT2D eigenvalue weighted by molar-refractivity contribution is 0.0695. The van der Waals surface area contributed by atoms with Gasteiger partial charge in [-0.05, 0) is 18.6 Å². The number of carboxylic acids is 1. The molecule has 0 spiro atoms. The second-order valence-electron chi connectivity index (χ2n) is 4.21. The fourth-order valence-corrected chi connectivity index (χ4v) is 3.40. The van der Waals surface area contributed by atoms with Crippen LogP contribution in [-0.4, -0.2) is 29.5 Å². The first kappa shape index (κ1) is 14.1. The van der Waals surface area contributed by atoms with Crippen molar-refractivity contribution in [1.82, 2.24) is 9.97 Å². The average Bonchev–Trinajstić information content (AvgIpc) is 2.39. The standard InChI is InChI=1S/C13H12N2O4S/c1-9-4-2-3-5-12(9)20(18,19)7-11-10(13(16)17)6-14-8-15-11/h2-6,8H,7H2,1H3,(H,16,17). The number of carbonyl (C=O) groups is 1. The summed E-state index contributed by atoms with van der Waals surface area (Å²) in [5.41, 5.74) is 0.388. The number of aromatic carboxylic acids is 1. The first-order valence-corrected chi connectivity index (χ1v) is 7.37. The maximum atomic E-state index is 12.3. The highest BCUT2D eigenvalue weighted by atomic mass is 32.2. The van der Waals surface area contributed by atoms with E-state index in [4.69, 9.17) is 5.11 Å². The van der Waals surface area contributed by atoms with Crippen LogP contribution in [0.5, 0.6) is 0 Å². The van der Waals surface area contributed by atoms with E-state index >= 15 is 0 Å². The van der Waals surface area contributed by atoms with Gasteiger partial charge in [0.05, 0.1) is 16.3 Å². The minimum atomic E-state index is -3.65. The monoisotopic (exact) mass is 292 g/mol. The predicted molar refractivity (Wildman–Crippen MR) is 71.1 cm³/mol. The van der Waals surface area contributed by atoms with Gasteiger partial charge in [0.2, 0.25) is 0 Å². The van der Waals surface area contributed by atoms with E-state index in [0.29, 0.717) is 5.56 Å². The van der Waals surface area contributed by atoms with E-state index in [1.54, 1.807) is 25.1 Å². The predicted octanol–water partition coefficient (Wildman–Crippen LogP) is 1.46. The van der Waals surface area contributed by atoms with E-state index in [1.807, 2.05) is 0 Å². The Morgan fingerprint density at radius 2 is 2.00 bits per heavy atom. The molecule has 2 rings (SSSR count). The number of sulfone groups is 1. The van der Waals surface area contributed by atoms with Crippen molar-refractivity contribution in [3.63, 3.8) is 0 Å². The number of aryl methyl sites for hydroxylation is 1. The van der Waals surface area contributed by atoms with Crippen LogP contribution in [0.25, 0.3) is 0 Å². The molecule has 104 valence electrons. The quantitative estimate of drug-likeness (QED) is 0.916. The van der Waals surface area contributed by atoms with Crippen molar-refractivity contribution < 1.29 is 18.3 Å². The van der Waals surface area contributed by atoms with Crippen molar-refractivity contribution in [2.24, 2.45) is 0 Å². The molecule has 0 fully saturated rings. The normalized spacial score (nSPS) is 11.2. The zero-order valence-electron chi connectivity index (χ0n) is 10.6. The molecule has 0 bridgehead atoms. The maximum absolute atomic E-state index is 12.3. The van der Waals surface area contributed by atoms with Crippen molar-refractivity contribution in [2.45, 2.75) is 17.6 Å². The Labute approximate surface area is 116 Å². The molecule has 1 N–H and O–H groups in total. The number of aromatic nitrogens is 2. The summed E-state index contributed by atoms with van der Waals surface area (Å²) < 4.78 is 24.7. The highest BCUT2D eigenvalue weighted by molar-refractivity contribution is 7.90. The molecule has 0 saturated heterocycles. The molecule has 0 aliphatic carbocycles. The first-order chi connectivity index (χ1) is 9.42. The average molecular weight is 292 g/mol. The van der Waals surface area contributed by atoms with Crippen LogP contribution in [0.15, 0.2) is 41.7 Å². The molecular formula is C13H12N2O4S. The van der Waals surface area contributed by atoms with Gasteiger partial charge < -0.3 is 5.11 Å². The van der Waals surface area contributed by atoms with Gasteiger partial charge in [-0.15, -0.1) is 0 Å². The topological polar surface area (TPSA) is 97.2 Å². The molecule has 20 heavy (non-hydrogen) atoms. The van der Waals surface area contributed by atoms with Crippen LogP contribution in [0.2, 0.25) is 0 Å². The van der Waals surface area contributed by atoms with Crippen molar-refractivity contribution in [2.75, 3.05) is 0 Å². The fraction of sp³-hybridized carbons (Fsp3) is 0.154. The number of hydrogen-bond acceptors (Lipinski definition) is 5. The van der Waals surface area contributed by atoms with E-state index < -0.39 is 21.6 Å². The van der Waals surface area contributed by atoms with Crippen molar-refractivity contribution >= 4 is 15.8 Å². The van der Waals surface area contributed by atoms with Crippen LogP contribution < -0.4 is 0 Å². The summed E-state index contributed by atoms with van der Waals surface area (Å²) in [6.45, 7) is 1.69. The summed E-state index contributed by atoms with van der Waals surface area (Å²) >= 11 is 0. The molecule has 1 heterocycles. The third-order valence-corrected chi connectivity index (χ3v) is 4.56. The highest BCUT2D eigenvalue weighted by Crippen LogP contribution is 2.20. The van der Waals surface area contributed by atoms with E-state index in [2.05, 4.69) is 9.97 Å². The van der Waals surface area contributed by atoms with Gasteiger partial charge in [-0.3, -0.25) is 0 Å². The van der Waals surface area contributed by atoms with Gasteiger partial charge in [0, 0.05) is 6.20 Å². The molecule has 2 aromatic rings. The summed E-state index contributed by atoms with van der Waals surface area (Å²) in [5.74, 6) is -1.72. The molecule has 6 nitrogen and oxygen atoms in total. The zero-order valence-corrected chi connectivity index (χ0v) is 11.5. The molecule has 0 saturated carbocycles. The Balaban J connectivity index is 2.45. The van der Waals surface area contributed by atoms with Gasteiger partial charge >= 0.3 is 5.97 Å². The van der Waals surface area contributed by atoms with Crippen LogP contribution in [0, 0.1) is 6.92 Å². The van der Waals surface area contributed by atoms with Crippen LogP contribution in [0.1, 0.15) is 21.6 Å². The largest absolute Gasteiger partial charge is 0.478 e. The Kier molecular flexibility index (Phi) is 3.80. The Hall–Kier alpha value is -2.28. The lowest BCUT2D eigenvalue weighted by atomic mass is 10.2. The van der Waals surface area contributed by atoms with Crippen LogP contribution in [-0.2, 0) is 15.6 Å². The summed E-state index contributed by atoms with van der Waals surface area (Å²) in [6.07, 6.45) is 2.23. The van der Waals surface area contributed by atoms with Crippen LogP contribution in [0.4, 0.5) is 0 Å². The third-order valence-electron chi connectivity index (χ3n) is 2.78. The summed E-state index contributed by atoms with van der Waals surface area (Å²) in [4.78, 5) is 18.6. The van der Waals surface area contributed by atoms with E-state index in [0.717, 1.165) is 12.5 Å². The first-order valence-electron chi connectivity index (χ1n) is 5.72. The SMILES string of the molecule is Cc1ccccc1S(=O)(=O)Cc1ncncc1C(=O)O. The van der Waals surface area contributed by atoms with Crippen molar-refractivity contribution in [1.29, 1.82) is 0 Å². The highest BCUT2D eigenvalue weighted by Gasteiger charge is 2.22. The molecular weight excluding hydrogens is 280 g/mol. The fourth-order valence-electron chi connectivity index (χ4n) is 1.81. The lowest BCUT2D eigenvalue weighted by Gasteiger charge is -2.08. The van der Waals surface area contributed by atoms with Gasteiger partial charge in [-0.2, -0.15) is 0 Å². The van der Waals surface area contributed by atoms with Gasteiger partial charge in [0.1, 0.15) is 11.9 Å². The number of nitrogens with zero attached hydrogens (tertiary/aromatic N) is 2. The second kappa shape index (κ2) is 5.38. The Bertz CT molecular complexity index is 756. The van der Waals surface area contributed by atoms with Gasteiger partial charge in [0.25, 0.3) is 0 Å². The van der Waals surface area contributed by atoms with Gasteiger partial charge in [-0.1, -0.05) is 18.2 Å². The molecule has 0 aliphatic rings. The van der Waals surface area contributed by atoms with Gasteiger partial charge in [-0.25, -0.2) is 23.2 Å². The minimum absolute atomic E-state index is 0.0178. The Morgan fingerprint density at radius 3 is 2.65 bits per heavy atom. The summed E-state index contributed by atoms with van der Waals surface area (Å²) in [6, 6.07) is 6.54.